The van der Waals surface area contributed by atoms with E-state index in [2.05, 4.69) is 5.32 Å². The summed E-state index contributed by atoms with van der Waals surface area (Å²) >= 11 is 0. The summed E-state index contributed by atoms with van der Waals surface area (Å²) in [4.78, 5) is 40.8. The van der Waals surface area contributed by atoms with E-state index in [0.29, 0.717) is 19.4 Å². The second kappa shape index (κ2) is 7.39. The predicted molar refractivity (Wildman–Crippen MR) is 106 cm³/mol. The number of carbonyl (C=O) groups excluding carboxylic acids is 3. The summed E-state index contributed by atoms with van der Waals surface area (Å²) in [5.74, 6) is -0.597. The zero-order valence-electron chi connectivity index (χ0n) is 16.0. The first-order valence-corrected chi connectivity index (χ1v) is 9.39. The average molecular weight is 367 g/mol. The summed E-state index contributed by atoms with van der Waals surface area (Å²) in [7, 11) is 0. The fraction of sp³-hybridized carbons (Fsp3) is 0.381. The first kappa shape index (κ1) is 18.9. The molecule has 1 aliphatic heterocycles. The Bertz CT molecular complexity index is 884. The highest BCUT2D eigenvalue weighted by Gasteiger charge is 2.49. The van der Waals surface area contributed by atoms with Crippen molar-refractivity contribution in [3.63, 3.8) is 0 Å². The Morgan fingerprint density at radius 3 is 2.33 bits per heavy atom. The number of benzene rings is 2. The molecule has 1 N–H and O–H groups in total. The van der Waals surface area contributed by atoms with Crippen molar-refractivity contribution in [3.8, 4) is 0 Å². The van der Waals surface area contributed by atoms with Gasteiger partial charge in [-0.15, -0.1) is 0 Å². The molecule has 1 aliphatic rings. The van der Waals surface area contributed by atoms with Gasteiger partial charge in [0, 0.05) is 11.9 Å². The van der Waals surface area contributed by atoms with Crippen LogP contribution in [0.15, 0.2) is 42.5 Å². The molecule has 6 nitrogen and oxygen atoms in total. The van der Waals surface area contributed by atoms with Crippen LogP contribution in [0.3, 0.4) is 0 Å². The van der Waals surface area contributed by atoms with Gasteiger partial charge in [0.25, 0.3) is 5.91 Å². The molecule has 0 bridgehead atoms. The molecule has 1 saturated heterocycles. The monoisotopic (exact) mass is 367 g/mol. The second-order valence-electron chi connectivity index (χ2n) is 6.75. The highest BCUT2D eigenvalue weighted by Crippen LogP contribution is 2.28. The molecule has 27 heavy (non-hydrogen) atoms. The first-order valence-electron chi connectivity index (χ1n) is 9.39. The van der Waals surface area contributed by atoms with Crippen LogP contribution in [0, 0.1) is 0 Å². The van der Waals surface area contributed by atoms with Gasteiger partial charge in [0.05, 0.1) is 5.69 Å². The van der Waals surface area contributed by atoms with Gasteiger partial charge < -0.3 is 10.2 Å². The molecule has 0 aliphatic carbocycles. The minimum Gasteiger partial charge on any atom is -0.323 e. The second-order valence-corrected chi connectivity index (χ2v) is 6.75. The fourth-order valence-corrected chi connectivity index (χ4v) is 3.69. The molecule has 2 aromatic rings. The van der Waals surface area contributed by atoms with Crippen LogP contribution in [0.4, 0.5) is 10.5 Å². The van der Waals surface area contributed by atoms with E-state index in [9.17, 15) is 14.4 Å². The summed E-state index contributed by atoms with van der Waals surface area (Å²) in [6.45, 7) is 5.80. The van der Waals surface area contributed by atoms with Gasteiger partial charge in [-0.25, -0.2) is 4.79 Å². The van der Waals surface area contributed by atoms with Crippen LogP contribution in [0.25, 0.3) is 10.8 Å². The lowest BCUT2D eigenvalue weighted by molar-refractivity contribution is -0.134. The van der Waals surface area contributed by atoms with Crippen LogP contribution in [0.2, 0.25) is 0 Å². The topological polar surface area (TPSA) is 69.7 Å². The molecule has 142 valence electrons. The molecule has 1 heterocycles. The Kier molecular flexibility index (Phi) is 5.17. The first-order chi connectivity index (χ1) is 13.0. The number of rotatable bonds is 6. The standard InChI is InChI=1S/C21H25N3O3/c1-4-21(5-2)19(26)24(20(27)22-21)14-18(25)23(6-3)17-13-9-11-15-10-7-8-12-16(15)17/h7-13H,4-6,14H2,1-3H3,(H,22,27). The average Bonchev–Trinajstić information content (AvgIpc) is 2.93. The van der Waals surface area contributed by atoms with E-state index in [-0.39, 0.29) is 18.4 Å². The van der Waals surface area contributed by atoms with E-state index in [1.165, 1.54) is 0 Å². The summed E-state index contributed by atoms with van der Waals surface area (Å²) in [6.07, 6.45) is 0.999. The number of urea groups is 1. The largest absolute Gasteiger partial charge is 0.325 e. The van der Waals surface area contributed by atoms with Crippen LogP contribution in [-0.4, -0.2) is 41.4 Å². The summed E-state index contributed by atoms with van der Waals surface area (Å²) < 4.78 is 0. The number of amides is 4. The van der Waals surface area contributed by atoms with Crippen molar-refractivity contribution in [3.05, 3.63) is 42.5 Å². The van der Waals surface area contributed by atoms with Gasteiger partial charge in [0.15, 0.2) is 0 Å². The van der Waals surface area contributed by atoms with E-state index >= 15 is 0 Å². The normalized spacial score (nSPS) is 15.9. The molecule has 0 unspecified atom stereocenters. The molecule has 6 heteroatoms. The lowest BCUT2D eigenvalue weighted by Gasteiger charge is -2.26. The minimum absolute atomic E-state index is 0.260. The number of likely N-dealkylation sites (N-methyl/N-ethyl adjacent to an activating group) is 1. The lowest BCUT2D eigenvalue weighted by atomic mass is 9.93. The van der Waals surface area contributed by atoms with Crippen LogP contribution in [-0.2, 0) is 9.59 Å². The van der Waals surface area contributed by atoms with Crippen molar-refractivity contribution >= 4 is 34.3 Å². The molecule has 4 amide bonds. The maximum Gasteiger partial charge on any atom is 0.325 e. The Labute approximate surface area is 159 Å². The van der Waals surface area contributed by atoms with Gasteiger partial charge in [-0.3, -0.25) is 14.5 Å². The van der Waals surface area contributed by atoms with E-state index < -0.39 is 11.6 Å². The molecule has 0 spiro atoms. The van der Waals surface area contributed by atoms with Gasteiger partial charge in [0.2, 0.25) is 5.91 Å². The van der Waals surface area contributed by atoms with Crippen molar-refractivity contribution in [1.29, 1.82) is 0 Å². The number of hydrogen-bond acceptors (Lipinski definition) is 3. The Balaban J connectivity index is 1.88. The van der Waals surface area contributed by atoms with Crippen molar-refractivity contribution < 1.29 is 14.4 Å². The smallest absolute Gasteiger partial charge is 0.323 e. The van der Waals surface area contributed by atoms with Gasteiger partial charge >= 0.3 is 6.03 Å². The third kappa shape index (κ3) is 3.16. The minimum atomic E-state index is -0.895. The zero-order valence-corrected chi connectivity index (χ0v) is 16.0. The van der Waals surface area contributed by atoms with Crippen molar-refractivity contribution in [1.82, 2.24) is 10.2 Å². The molecule has 0 saturated carbocycles. The third-order valence-electron chi connectivity index (χ3n) is 5.42. The Morgan fingerprint density at radius 2 is 1.70 bits per heavy atom. The Hall–Kier alpha value is -2.89. The maximum atomic E-state index is 13.0. The fourth-order valence-electron chi connectivity index (χ4n) is 3.69. The SMILES string of the molecule is CCN(C(=O)CN1C(=O)NC(CC)(CC)C1=O)c1cccc2ccccc12. The number of fused-ring (bicyclic) bond motifs is 1. The number of hydrogen-bond donors (Lipinski definition) is 1. The predicted octanol–water partition coefficient (Wildman–Crippen LogP) is 3.30. The van der Waals surface area contributed by atoms with Crippen LogP contribution in [0.5, 0.6) is 0 Å². The highest BCUT2D eigenvalue weighted by atomic mass is 16.2. The molecule has 2 aromatic carbocycles. The summed E-state index contributed by atoms with van der Waals surface area (Å²) in [5, 5.41) is 4.76. The van der Waals surface area contributed by atoms with Crippen molar-refractivity contribution in [2.75, 3.05) is 18.0 Å². The summed E-state index contributed by atoms with van der Waals surface area (Å²) in [6, 6.07) is 13.1. The number of nitrogens with zero attached hydrogens (tertiary/aromatic N) is 2. The van der Waals surface area contributed by atoms with Gasteiger partial charge in [-0.05, 0) is 31.2 Å². The van der Waals surface area contributed by atoms with Crippen molar-refractivity contribution in [2.45, 2.75) is 39.2 Å². The number of carbonyl (C=O) groups is 3. The third-order valence-corrected chi connectivity index (χ3v) is 5.42. The van der Waals surface area contributed by atoms with Crippen LogP contribution >= 0.6 is 0 Å². The number of anilines is 1. The van der Waals surface area contributed by atoms with E-state index in [4.69, 9.17) is 0 Å². The molecular formula is C21H25N3O3. The van der Waals surface area contributed by atoms with E-state index in [1.54, 1.807) is 4.90 Å². The lowest BCUT2D eigenvalue weighted by Crippen LogP contribution is -2.47. The van der Waals surface area contributed by atoms with Gasteiger partial charge in [-0.1, -0.05) is 50.2 Å². The zero-order chi connectivity index (χ0) is 19.6. The molecule has 0 radical (unpaired) electrons. The summed E-state index contributed by atoms with van der Waals surface area (Å²) in [5.41, 5.74) is -0.113. The molecule has 3 rings (SSSR count). The molecule has 0 atom stereocenters. The molecule has 1 fully saturated rings. The van der Waals surface area contributed by atoms with E-state index in [1.807, 2.05) is 63.2 Å². The quantitative estimate of drug-likeness (QED) is 0.797. The number of imide groups is 1. The van der Waals surface area contributed by atoms with E-state index in [0.717, 1.165) is 21.4 Å². The maximum absolute atomic E-state index is 13.0. The van der Waals surface area contributed by atoms with Crippen molar-refractivity contribution in [2.24, 2.45) is 0 Å². The molecular weight excluding hydrogens is 342 g/mol. The molecule has 0 aromatic heterocycles. The van der Waals surface area contributed by atoms with Gasteiger partial charge in [-0.2, -0.15) is 0 Å². The van der Waals surface area contributed by atoms with Crippen LogP contribution < -0.4 is 10.2 Å². The number of nitrogens with one attached hydrogen (secondary N) is 1. The van der Waals surface area contributed by atoms with Gasteiger partial charge in [0.1, 0.15) is 12.1 Å². The van der Waals surface area contributed by atoms with Crippen LogP contribution in [0.1, 0.15) is 33.6 Å². The Morgan fingerprint density at radius 1 is 1.04 bits per heavy atom. The highest BCUT2D eigenvalue weighted by molar-refractivity contribution is 6.11.